The molecule has 1 aliphatic carbocycles. The Morgan fingerprint density at radius 2 is 1.72 bits per heavy atom. The number of aryl methyl sites for hydroxylation is 2. The first kappa shape index (κ1) is 17.2. The highest BCUT2D eigenvalue weighted by Gasteiger charge is 2.56. The fourth-order valence-corrected chi connectivity index (χ4v) is 3.06. The number of amides is 2. The van der Waals surface area contributed by atoms with Gasteiger partial charge in [0.2, 0.25) is 11.8 Å². The van der Waals surface area contributed by atoms with Gasteiger partial charge in [-0.05, 0) is 42.9 Å². The standard InChI is InChI=1S/C21H24N2O2/c1-3-17-11-7-8-15(2)18(17)23-20(25)21(12-13-21)19(24)22-14-16-9-5-4-6-10-16/h4-11H,3,12-14H2,1-2H3,(H,22,24)(H,23,25). The summed E-state index contributed by atoms with van der Waals surface area (Å²) in [5, 5.41) is 5.92. The van der Waals surface area contributed by atoms with Crippen LogP contribution in [0.5, 0.6) is 0 Å². The number of para-hydroxylation sites is 1. The first-order valence-corrected chi connectivity index (χ1v) is 8.79. The minimum Gasteiger partial charge on any atom is -0.351 e. The number of hydrogen-bond acceptors (Lipinski definition) is 2. The van der Waals surface area contributed by atoms with Crippen LogP contribution in [-0.4, -0.2) is 11.8 Å². The lowest BCUT2D eigenvalue weighted by Gasteiger charge is -2.18. The molecule has 25 heavy (non-hydrogen) atoms. The maximum atomic E-state index is 12.8. The van der Waals surface area contributed by atoms with Gasteiger partial charge in [-0.25, -0.2) is 0 Å². The summed E-state index contributed by atoms with van der Waals surface area (Å²) < 4.78 is 0. The Balaban J connectivity index is 1.68. The Morgan fingerprint density at radius 3 is 2.36 bits per heavy atom. The van der Waals surface area contributed by atoms with E-state index in [0.29, 0.717) is 19.4 Å². The highest BCUT2D eigenvalue weighted by atomic mass is 16.2. The third-order valence-corrected chi connectivity index (χ3v) is 4.89. The van der Waals surface area contributed by atoms with Crippen LogP contribution in [0.25, 0.3) is 0 Å². The lowest BCUT2D eigenvalue weighted by atomic mass is 10.0. The predicted molar refractivity (Wildman–Crippen MR) is 99.1 cm³/mol. The normalized spacial score (nSPS) is 14.6. The van der Waals surface area contributed by atoms with Crippen LogP contribution < -0.4 is 10.6 Å². The zero-order chi connectivity index (χ0) is 17.9. The van der Waals surface area contributed by atoms with Gasteiger partial charge in [0.25, 0.3) is 0 Å². The Bertz CT molecular complexity index is 780. The molecule has 1 fully saturated rings. The SMILES string of the molecule is CCc1cccc(C)c1NC(=O)C1(C(=O)NCc2ccccc2)CC1. The number of carbonyl (C=O) groups excluding carboxylic acids is 2. The maximum Gasteiger partial charge on any atom is 0.240 e. The zero-order valence-electron chi connectivity index (χ0n) is 14.8. The molecule has 2 aromatic carbocycles. The average molecular weight is 336 g/mol. The van der Waals surface area contributed by atoms with E-state index >= 15 is 0 Å². The van der Waals surface area contributed by atoms with Gasteiger partial charge in [0.05, 0.1) is 0 Å². The van der Waals surface area contributed by atoms with Gasteiger partial charge in [-0.15, -0.1) is 0 Å². The molecule has 2 aromatic rings. The van der Waals surface area contributed by atoms with Gasteiger partial charge >= 0.3 is 0 Å². The molecule has 0 spiro atoms. The second kappa shape index (κ2) is 7.09. The molecule has 2 N–H and O–H groups in total. The van der Waals surface area contributed by atoms with Crippen LogP contribution in [0.15, 0.2) is 48.5 Å². The third kappa shape index (κ3) is 3.58. The van der Waals surface area contributed by atoms with Crippen molar-refractivity contribution in [3.05, 3.63) is 65.2 Å². The average Bonchev–Trinajstić information content (AvgIpc) is 3.44. The smallest absolute Gasteiger partial charge is 0.240 e. The first-order valence-electron chi connectivity index (χ1n) is 8.79. The number of anilines is 1. The van der Waals surface area contributed by atoms with E-state index < -0.39 is 5.41 Å². The summed E-state index contributed by atoms with van der Waals surface area (Å²) in [6.07, 6.45) is 2.05. The molecule has 1 aliphatic rings. The van der Waals surface area contributed by atoms with Crippen molar-refractivity contribution in [1.82, 2.24) is 5.32 Å². The largest absolute Gasteiger partial charge is 0.351 e. The summed E-state index contributed by atoms with van der Waals surface area (Å²) >= 11 is 0. The molecule has 4 nitrogen and oxygen atoms in total. The Labute approximate surface area is 148 Å². The number of carbonyl (C=O) groups is 2. The van der Waals surface area contributed by atoms with Gasteiger partial charge in [0, 0.05) is 12.2 Å². The summed E-state index contributed by atoms with van der Waals surface area (Å²) in [5.41, 5.74) is 3.07. The van der Waals surface area contributed by atoms with Crippen LogP contribution in [0.3, 0.4) is 0 Å². The van der Waals surface area contributed by atoms with E-state index in [0.717, 1.165) is 28.8 Å². The van der Waals surface area contributed by atoms with Crippen molar-refractivity contribution >= 4 is 17.5 Å². The van der Waals surface area contributed by atoms with Crippen molar-refractivity contribution < 1.29 is 9.59 Å². The summed E-state index contributed by atoms with van der Waals surface area (Å²) in [5.74, 6) is -0.373. The molecular weight excluding hydrogens is 312 g/mol. The monoisotopic (exact) mass is 336 g/mol. The lowest BCUT2D eigenvalue weighted by molar-refractivity contribution is -0.134. The third-order valence-electron chi connectivity index (χ3n) is 4.89. The Hall–Kier alpha value is -2.62. The molecule has 0 bridgehead atoms. The van der Waals surface area contributed by atoms with E-state index in [-0.39, 0.29) is 11.8 Å². The van der Waals surface area contributed by atoms with E-state index in [1.807, 2.05) is 55.5 Å². The topological polar surface area (TPSA) is 58.2 Å². The molecule has 0 aliphatic heterocycles. The quantitative estimate of drug-likeness (QED) is 0.792. The molecular formula is C21H24N2O2. The number of benzene rings is 2. The van der Waals surface area contributed by atoms with Gasteiger partial charge in [-0.3, -0.25) is 9.59 Å². The van der Waals surface area contributed by atoms with Gasteiger partial charge < -0.3 is 10.6 Å². The minimum atomic E-state index is -0.915. The molecule has 3 rings (SSSR count). The Kier molecular flexibility index (Phi) is 4.88. The molecule has 0 radical (unpaired) electrons. The fraction of sp³-hybridized carbons (Fsp3) is 0.333. The molecule has 130 valence electrons. The van der Waals surface area contributed by atoms with Crippen LogP contribution in [-0.2, 0) is 22.6 Å². The maximum absolute atomic E-state index is 12.8. The molecule has 0 heterocycles. The van der Waals surface area contributed by atoms with Crippen LogP contribution in [0.2, 0.25) is 0 Å². The zero-order valence-corrected chi connectivity index (χ0v) is 14.8. The van der Waals surface area contributed by atoms with E-state index in [4.69, 9.17) is 0 Å². The van der Waals surface area contributed by atoms with Crippen LogP contribution in [0.1, 0.15) is 36.5 Å². The van der Waals surface area contributed by atoms with Gasteiger partial charge in [-0.2, -0.15) is 0 Å². The lowest BCUT2D eigenvalue weighted by Crippen LogP contribution is -2.39. The predicted octanol–water partition coefficient (Wildman–Crippen LogP) is 3.59. The van der Waals surface area contributed by atoms with Gasteiger partial charge in [0.1, 0.15) is 5.41 Å². The molecule has 0 unspecified atom stereocenters. The van der Waals surface area contributed by atoms with Crippen molar-refractivity contribution in [3.8, 4) is 0 Å². The van der Waals surface area contributed by atoms with Crippen molar-refractivity contribution in [2.75, 3.05) is 5.32 Å². The van der Waals surface area contributed by atoms with Gasteiger partial charge in [0.15, 0.2) is 0 Å². The van der Waals surface area contributed by atoms with Crippen molar-refractivity contribution in [3.63, 3.8) is 0 Å². The van der Waals surface area contributed by atoms with E-state index in [9.17, 15) is 9.59 Å². The first-order chi connectivity index (χ1) is 12.1. The summed E-state index contributed by atoms with van der Waals surface area (Å²) in [7, 11) is 0. The van der Waals surface area contributed by atoms with Crippen LogP contribution in [0, 0.1) is 12.3 Å². The van der Waals surface area contributed by atoms with E-state index in [1.54, 1.807) is 0 Å². The Morgan fingerprint density at radius 1 is 1.00 bits per heavy atom. The highest BCUT2D eigenvalue weighted by Crippen LogP contribution is 2.47. The van der Waals surface area contributed by atoms with E-state index in [2.05, 4.69) is 17.6 Å². The van der Waals surface area contributed by atoms with E-state index in [1.165, 1.54) is 0 Å². The summed E-state index contributed by atoms with van der Waals surface area (Å²) in [4.78, 5) is 25.4. The fourth-order valence-electron chi connectivity index (χ4n) is 3.06. The van der Waals surface area contributed by atoms with Gasteiger partial charge in [-0.1, -0.05) is 55.5 Å². The second-order valence-electron chi connectivity index (χ2n) is 6.67. The van der Waals surface area contributed by atoms with Crippen molar-refractivity contribution in [1.29, 1.82) is 0 Å². The number of nitrogens with one attached hydrogen (secondary N) is 2. The molecule has 0 saturated heterocycles. The summed E-state index contributed by atoms with van der Waals surface area (Å²) in [6.45, 7) is 4.48. The second-order valence-corrected chi connectivity index (χ2v) is 6.67. The highest BCUT2D eigenvalue weighted by molar-refractivity contribution is 6.13. The number of rotatable bonds is 6. The number of hydrogen-bond donors (Lipinski definition) is 2. The van der Waals surface area contributed by atoms with Crippen molar-refractivity contribution in [2.45, 2.75) is 39.7 Å². The molecule has 2 amide bonds. The molecule has 0 aromatic heterocycles. The molecule has 4 heteroatoms. The summed E-state index contributed by atoms with van der Waals surface area (Å²) in [6, 6.07) is 15.7. The molecule has 1 saturated carbocycles. The van der Waals surface area contributed by atoms with Crippen molar-refractivity contribution in [2.24, 2.45) is 5.41 Å². The van der Waals surface area contributed by atoms with Crippen LogP contribution in [0.4, 0.5) is 5.69 Å². The van der Waals surface area contributed by atoms with Crippen LogP contribution >= 0.6 is 0 Å². The minimum absolute atomic E-state index is 0.180. The molecule has 0 atom stereocenters.